The lowest BCUT2D eigenvalue weighted by atomic mass is 9.96. The van der Waals surface area contributed by atoms with E-state index in [4.69, 9.17) is 0 Å². The van der Waals surface area contributed by atoms with Gasteiger partial charge < -0.3 is 9.64 Å². The molecule has 2 rings (SSSR count). The molecule has 0 N–H and O–H groups in total. The minimum absolute atomic E-state index is 0.0541. The number of nitrogens with zero attached hydrogens (tertiary/aromatic N) is 1. The van der Waals surface area contributed by atoms with Gasteiger partial charge in [-0.05, 0) is 30.4 Å². The van der Waals surface area contributed by atoms with Gasteiger partial charge in [0.15, 0.2) is 0 Å². The van der Waals surface area contributed by atoms with Gasteiger partial charge in [0.25, 0.3) is 0 Å². The van der Waals surface area contributed by atoms with Gasteiger partial charge in [-0.25, -0.2) is 0 Å². The summed E-state index contributed by atoms with van der Waals surface area (Å²) in [5.74, 6) is 0.159. The number of hydrogen-bond acceptors (Lipinski definition) is 3. The smallest absolute Gasteiger partial charge is 0.305 e. The molecule has 1 aromatic carbocycles. The summed E-state index contributed by atoms with van der Waals surface area (Å²) in [4.78, 5) is 25.6. The Morgan fingerprint density at radius 3 is 2.65 bits per heavy atom. The van der Waals surface area contributed by atoms with Crippen LogP contribution in [0.2, 0.25) is 0 Å². The maximum atomic E-state index is 12.6. The summed E-state index contributed by atoms with van der Waals surface area (Å²) in [7, 11) is 1.42. The minimum Gasteiger partial charge on any atom is -0.469 e. The zero-order valence-corrected chi connectivity index (χ0v) is 14.2. The number of benzene rings is 1. The number of methoxy groups -OCH3 is 1. The first-order valence-corrected chi connectivity index (χ1v) is 8.54. The Balaban J connectivity index is 1.72. The predicted octanol–water partition coefficient (Wildman–Crippen LogP) is 3.33. The number of hydrogen-bond donors (Lipinski definition) is 0. The predicted molar refractivity (Wildman–Crippen MR) is 89.8 cm³/mol. The first-order valence-electron chi connectivity index (χ1n) is 8.54. The quantitative estimate of drug-likeness (QED) is 0.572. The highest BCUT2D eigenvalue weighted by Crippen LogP contribution is 2.21. The number of carbonyl (C=O) groups is 2. The van der Waals surface area contributed by atoms with Crippen molar-refractivity contribution in [1.82, 2.24) is 4.90 Å². The van der Waals surface area contributed by atoms with Gasteiger partial charge in [0.05, 0.1) is 7.11 Å². The second-order valence-corrected chi connectivity index (χ2v) is 6.36. The van der Waals surface area contributed by atoms with Crippen LogP contribution in [0.3, 0.4) is 0 Å². The maximum absolute atomic E-state index is 12.6. The molecular weight excluding hydrogens is 290 g/mol. The molecule has 0 radical (unpaired) electrons. The Morgan fingerprint density at radius 1 is 1.17 bits per heavy atom. The van der Waals surface area contributed by atoms with Gasteiger partial charge in [-0.2, -0.15) is 0 Å². The van der Waals surface area contributed by atoms with Crippen LogP contribution in [0.1, 0.15) is 50.2 Å². The number of rotatable bonds is 7. The summed E-state index contributed by atoms with van der Waals surface area (Å²) >= 11 is 0. The number of ether oxygens (including phenoxy) is 1. The topological polar surface area (TPSA) is 46.6 Å². The van der Waals surface area contributed by atoms with Crippen LogP contribution in [-0.4, -0.2) is 30.4 Å². The Morgan fingerprint density at radius 2 is 1.91 bits per heavy atom. The monoisotopic (exact) mass is 317 g/mol. The fraction of sp³-hybridized carbons (Fsp3) is 0.579. The van der Waals surface area contributed by atoms with E-state index < -0.39 is 0 Å². The molecule has 1 heterocycles. The molecule has 0 spiro atoms. The largest absolute Gasteiger partial charge is 0.469 e. The summed E-state index contributed by atoms with van der Waals surface area (Å²) in [6.45, 7) is 3.58. The van der Waals surface area contributed by atoms with Gasteiger partial charge >= 0.3 is 5.97 Å². The van der Waals surface area contributed by atoms with E-state index in [0.29, 0.717) is 6.42 Å². The van der Waals surface area contributed by atoms with Crippen molar-refractivity contribution in [1.29, 1.82) is 0 Å². The normalized spacial score (nSPS) is 15.0. The Kier molecular flexibility index (Phi) is 6.63. The molecule has 0 aromatic heterocycles. The van der Waals surface area contributed by atoms with E-state index >= 15 is 0 Å². The second kappa shape index (κ2) is 8.70. The van der Waals surface area contributed by atoms with E-state index in [1.165, 1.54) is 18.2 Å². The van der Waals surface area contributed by atoms with Crippen molar-refractivity contribution in [3.63, 3.8) is 0 Å². The molecule has 1 aromatic rings. The van der Waals surface area contributed by atoms with Crippen LogP contribution in [0.5, 0.6) is 0 Å². The van der Waals surface area contributed by atoms with Gasteiger partial charge in [0, 0.05) is 25.4 Å². The minimum atomic E-state index is -0.152. The van der Waals surface area contributed by atoms with E-state index in [0.717, 1.165) is 45.2 Å². The molecule has 1 aliphatic rings. The van der Waals surface area contributed by atoms with E-state index in [-0.39, 0.29) is 17.8 Å². The maximum Gasteiger partial charge on any atom is 0.305 e. The summed E-state index contributed by atoms with van der Waals surface area (Å²) < 4.78 is 4.62. The van der Waals surface area contributed by atoms with Gasteiger partial charge in [0.2, 0.25) is 5.91 Å². The molecule has 0 saturated heterocycles. The number of esters is 1. The number of amides is 1. The fourth-order valence-corrected chi connectivity index (χ4v) is 3.12. The van der Waals surface area contributed by atoms with Crippen molar-refractivity contribution in [3.05, 3.63) is 35.4 Å². The molecule has 1 amide bonds. The molecule has 0 fully saturated rings. The van der Waals surface area contributed by atoms with E-state index in [9.17, 15) is 9.59 Å². The third-order valence-corrected chi connectivity index (χ3v) is 4.61. The summed E-state index contributed by atoms with van der Waals surface area (Å²) in [5.41, 5.74) is 2.64. The molecule has 0 bridgehead atoms. The Labute approximate surface area is 138 Å². The zero-order chi connectivity index (χ0) is 16.7. The van der Waals surface area contributed by atoms with Crippen LogP contribution in [0.15, 0.2) is 24.3 Å². The molecule has 1 atom stereocenters. The lowest BCUT2D eigenvalue weighted by Crippen LogP contribution is -2.39. The van der Waals surface area contributed by atoms with Gasteiger partial charge in [0.1, 0.15) is 0 Å². The zero-order valence-electron chi connectivity index (χ0n) is 14.2. The van der Waals surface area contributed by atoms with Crippen LogP contribution >= 0.6 is 0 Å². The molecule has 4 heteroatoms. The first-order chi connectivity index (χ1) is 11.1. The van der Waals surface area contributed by atoms with E-state index in [1.54, 1.807) is 0 Å². The van der Waals surface area contributed by atoms with Crippen LogP contribution in [-0.2, 0) is 27.3 Å². The lowest BCUT2D eigenvalue weighted by Gasteiger charge is -2.31. The van der Waals surface area contributed by atoms with Crippen molar-refractivity contribution in [2.75, 3.05) is 13.7 Å². The molecule has 1 aliphatic heterocycles. The highest BCUT2D eigenvalue weighted by molar-refractivity contribution is 5.78. The Bertz CT molecular complexity index is 541. The molecule has 1 unspecified atom stereocenters. The average Bonchev–Trinajstić information content (AvgIpc) is 2.59. The second-order valence-electron chi connectivity index (χ2n) is 6.36. The molecular formula is C19H27NO3. The van der Waals surface area contributed by atoms with Crippen LogP contribution in [0, 0.1) is 5.92 Å². The van der Waals surface area contributed by atoms with Crippen molar-refractivity contribution >= 4 is 11.9 Å². The van der Waals surface area contributed by atoms with Crippen LogP contribution in [0.4, 0.5) is 0 Å². The number of fused-ring (bicyclic) bond motifs is 1. The average molecular weight is 317 g/mol. The third kappa shape index (κ3) is 5.08. The molecule has 23 heavy (non-hydrogen) atoms. The van der Waals surface area contributed by atoms with Crippen molar-refractivity contribution in [3.8, 4) is 0 Å². The summed E-state index contributed by atoms with van der Waals surface area (Å²) in [6.07, 6.45) is 5.10. The standard InChI is InChI=1S/C19H27NO3/c1-15(8-4-3-5-11-18(21)23-2)19(22)20-13-12-16-9-6-7-10-17(16)14-20/h6-7,9-10,15H,3-5,8,11-14H2,1-2H3. The van der Waals surface area contributed by atoms with E-state index in [2.05, 4.69) is 22.9 Å². The van der Waals surface area contributed by atoms with Gasteiger partial charge in [-0.15, -0.1) is 0 Å². The first kappa shape index (κ1) is 17.5. The molecule has 0 aliphatic carbocycles. The third-order valence-electron chi connectivity index (χ3n) is 4.61. The van der Waals surface area contributed by atoms with Gasteiger partial charge in [-0.1, -0.05) is 44.0 Å². The summed E-state index contributed by atoms with van der Waals surface area (Å²) in [5, 5.41) is 0. The fourth-order valence-electron chi connectivity index (χ4n) is 3.12. The number of unbranched alkanes of at least 4 members (excludes halogenated alkanes) is 2. The van der Waals surface area contributed by atoms with Gasteiger partial charge in [-0.3, -0.25) is 9.59 Å². The SMILES string of the molecule is COC(=O)CCCCCC(C)C(=O)N1CCc2ccccc2C1. The summed E-state index contributed by atoms with van der Waals surface area (Å²) in [6, 6.07) is 8.37. The highest BCUT2D eigenvalue weighted by atomic mass is 16.5. The van der Waals surface area contributed by atoms with Crippen LogP contribution < -0.4 is 0 Å². The number of carbonyl (C=O) groups excluding carboxylic acids is 2. The van der Waals surface area contributed by atoms with Crippen molar-refractivity contribution in [2.24, 2.45) is 5.92 Å². The van der Waals surface area contributed by atoms with E-state index in [1.807, 2.05) is 17.9 Å². The highest BCUT2D eigenvalue weighted by Gasteiger charge is 2.24. The molecule has 4 nitrogen and oxygen atoms in total. The van der Waals surface area contributed by atoms with Crippen molar-refractivity contribution in [2.45, 2.75) is 52.0 Å². The Hall–Kier alpha value is -1.84. The lowest BCUT2D eigenvalue weighted by molar-refractivity contribution is -0.141. The van der Waals surface area contributed by atoms with Crippen molar-refractivity contribution < 1.29 is 14.3 Å². The molecule has 0 saturated carbocycles. The molecule has 126 valence electrons. The van der Waals surface area contributed by atoms with Crippen LogP contribution in [0.25, 0.3) is 0 Å².